The first-order valence-electron chi connectivity index (χ1n) is 8.70. The van der Waals surface area contributed by atoms with Crippen molar-refractivity contribution in [1.82, 2.24) is 4.90 Å². The maximum absolute atomic E-state index is 13.0. The minimum Gasteiger partial charge on any atom is -0.338 e. The zero-order valence-corrected chi connectivity index (χ0v) is 15.5. The standard InChI is InChI=1S/C19H20F2N4OS/c20-14-1-5-16(6-2-14)22-18(26)13-24-9-11-25(12-10-24)19(27)23-17-7-3-15(21)4-8-17/h1-8H,9-13H2,(H,22,26)(H,23,27)/p+1. The first kappa shape index (κ1) is 19.2. The van der Waals surface area contributed by atoms with E-state index < -0.39 is 0 Å². The lowest BCUT2D eigenvalue weighted by molar-refractivity contribution is -0.895. The van der Waals surface area contributed by atoms with Crippen LogP contribution in [0.15, 0.2) is 48.5 Å². The van der Waals surface area contributed by atoms with E-state index in [1.807, 2.05) is 4.90 Å². The van der Waals surface area contributed by atoms with Crippen LogP contribution in [0.2, 0.25) is 0 Å². The lowest BCUT2D eigenvalue weighted by Gasteiger charge is -2.33. The van der Waals surface area contributed by atoms with E-state index in [0.717, 1.165) is 36.8 Å². The van der Waals surface area contributed by atoms with Gasteiger partial charge in [-0.3, -0.25) is 4.79 Å². The summed E-state index contributed by atoms with van der Waals surface area (Å²) in [5, 5.41) is 6.48. The van der Waals surface area contributed by atoms with E-state index in [-0.39, 0.29) is 17.5 Å². The summed E-state index contributed by atoms with van der Waals surface area (Å²) in [6.07, 6.45) is 0. The summed E-state index contributed by atoms with van der Waals surface area (Å²) in [6, 6.07) is 11.8. The maximum Gasteiger partial charge on any atom is 0.279 e. The highest BCUT2D eigenvalue weighted by Gasteiger charge is 2.23. The summed E-state index contributed by atoms with van der Waals surface area (Å²) in [7, 11) is 0. The number of carbonyl (C=O) groups excluding carboxylic acids is 1. The molecule has 0 bridgehead atoms. The quantitative estimate of drug-likeness (QED) is 0.692. The fourth-order valence-electron chi connectivity index (χ4n) is 2.90. The second kappa shape index (κ2) is 8.88. The molecule has 27 heavy (non-hydrogen) atoms. The normalized spacial score (nSPS) is 14.7. The summed E-state index contributed by atoms with van der Waals surface area (Å²) in [5.41, 5.74) is 1.33. The van der Waals surface area contributed by atoms with Crippen LogP contribution < -0.4 is 15.5 Å². The first-order chi connectivity index (χ1) is 13.0. The van der Waals surface area contributed by atoms with Crippen molar-refractivity contribution in [3.63, 3.8) is 0 Å². The molecule has 2 aromatic rings. The molecule has 2 aromatic carbocycles. The van der Waals surface area contributed by atoms with Crippen LogP contribution in [-0.2, 0) is 4.79 Å². The van der Waals surface area contributed by atoms with E-state index in [1.54, 1.807) is 24.3 Å². The number of nitrogens with one attached hydrogen (secondary N) is 3. The Bertz CT molecular complexity index is 790. The number of carbonyl (C=O) groups is 1. The summed E-state index contributed by atoms with van der Waals surface area (Å²) in [4.78, 5) is 15.3. The Labute approximate surface area is 162 Å². The van der Waals surface area contributed by atoms with Crippen LogP contribution in [0.1, 0.15) is 0 Å². The topological polar surface area (TPSA) is 48.8 Å². The summed E-state index contributed by atoms with van der Waals surface area (Å²) < 4.78 is 25.9. The van der Waals surface area contributed by atoms with Crippen molar-refractivity contribution < 1.29 is 18.5 Å². The van der Waals surface area contributed by atoms with Crippen molar-refractivity contribution in [2.45, 2.75) is 0 Å². The molecule has 3 rings (SSSR count). The highest BCUT2D eigenvalue weighted by atomic mass is 32.1. The van der Waals surface area contributed by atoms with Gasteiger partial charge in [0.05, 0.1) is 26.2 Å². The largest absolute Gasteiger partial charge is 0.338 e. The van der Waals surface area contributed by atoms with Crippen LogP contribution in [0.25, 0.3) is 0 Å². The molecule has 1 heterocycles. The lowest BCUT2D eigenvalue weighted by atomic mass is 10.3. The Morgan fingerprint density at radius 3 is 1.93 bits per heavy atom. The number of halogens is 2. The molecule has 0 spiro atoms. The van der Waals surface area contributed by atoms with Gasteiger partial charge in [-0.2, -0.15) is 0 Å². The molecule has 1 amide bonds. The third kappa shape index (κ3) is 5.70. The number of quaternary nitrogens is 1. The molecule has 1 aliphatic rings. The Balaban J connectivity index is 1.42. The molecule has 1 fully saturated rings. The van der Waals surface area contributed by atoms with Gasteiger partial charge in [-0.05, 0) is 60.7 Å². The highest BCUT2D eigenvalue weighted by molar-refractivity contribution is 7.80. The molecule has 142 valence electrons. The van der Waals surface area contributed by atoms with E-state index in [0.29, 0.717) is 17.3 Å². The van der Waals surface area contributed by atoms with E-state index in [4.69, 9.17) is 12.2 Å². The van der Waals surface area contributed by atoms with Crippen molar-refractivity contribution in [2.75, 3.05) is 43.4 Å². The third-order valence-electron chi connectivity index (χ3n) is 4.39. The number of anilines is 2. The molecule has 0 aliphatic carbocycles. The number of benzene rings is 2. The van der Waals surface area contributed by atoms with Gasteiger partial charge in [0.25, 0.3) is 5.91 Å². The SMILES string of the molecule is O=C(C[NH+]1CCN(C(=S)Nc2ccc(F)cc2)CC1)Nc1ccc(F)cc1. The summed E-state index contributed by atoms with van der Waals surface area (Å²) in [5.74, 6) is -0.723. The number of hydrogen-bond donors (Lipinski definition) is 3. The van der Waals surface area contributed by atoms with Crippen molar-refractivity contribution >= 4 is 34.6 Å². The van der Waals surface area contributed by atoms with E-state index in [1.165, 1.54) is 24.3 Å². The van der Waals surface area contributed by atoms with Crippen LogP contribution in [0.3, 0.4) is 0 Å². The van der Waals surface area contributed by atoms with Crippen molar-refractivity contribution in [3.05, 3.63) is 60.2 Å². The van der Waals surface area contributed by atoms with Crippen LogP contribution >= 0.6 is 12.2 Å². The fraction of sp³-hybridized carbons (Fsp3) is 0.263. The molecular formula is C19H21F2N4OS+. The Hall–Kier alpha value is -2.58. The van der Waals surface area contributed by atoms with E-state index in [2.05, 4.69) is 10.6 Å². The smallest absolute Gasteiger partial charge is 0.279 e. The van der Waals surface area contributed by atoms with E-state index in [9.17, 15) is 13.6 Å². The van der Waals surface area contributed by atoms with Gasteiger partial charge in [-0.25, -0.2) is 8.78 Å². The second-order valence-electron chi connectivity index (χ2n) is 6.41. The predicted octanol–water partition coefficient (Wildman–Crippen LogP) is 1.50. The van der Waals surface area contributed by atoms with Gasteiger partial charge in [0.1, 0.15) is 11.6 Å². The third-order valence-corrected chi connectivity index (χ3v) is 4.75. The molecule has 0 saturated carbocycles. The Kier molecular flexibility index (Phi) is 6.31. The maximum atomic E-state index is 13.0. The molecule has 0 atom stereocenters. The van der Waals surface area contributed by atoms with Crippen LogP contribution in [0.5, 0.6) is 0 Å². The number of rotatable bonds is 4. The van der Waals surface area contributed by atoms with E-state index >= 15 is 0 Å². The van der Waals surface area contributed by atoms with Crippen molar-refractivity contribution in [3.8, 4) is 0 Å². The predicted molar refractivity (Wildman–Crippen MR) is 105 cm³/mol. The van der Waals surface area contributed by atoms with Crippen molar-refractivity contribution in [1.29, 1.82) is 0 Å². The minimum atomic E-state index is -0.333. The second-order valence-corrected chi connectivity index (χ2v) is 6.79. The summed E-state index contributed by atoms with van der Waals surface area (Å²) in [6.45, 7) is 3.37. The zero-order chi connectivity index (χ0) is 19.2. The number of thiocarbonyl (C=S) groups is 1. The van der Waals surface area contributed by atoms with Crippen molar-refractivity contribution in [2.24, 2.45) is 0 Å². The average molecular weight is 391 g/mol. The van der Waals surface area contributed by atoms with Crippen LogP contribution in [0.4, 0.5) is 20.2 Å². The van der Waals surface area contributed by atoms with Gasteiger partial charge < -0.3 is 20.4 Å². The zero-order valence-electron chi connectivity index (χ0n) is 14.7. The molecule has 3 N–H and O–H groups in total. The average Bonchev–Trinajstić information content (AvgIpc) is 2.66. The fourth-order valence-corrected chi connectivity index (χ4v) is 3.20. The molecule has 0 unspecified atom stereocenters. The molecule has 5 nitrogen and oxygen atoms in total. The molecule has 0 radical (unpaired) electrons. The summed E-state index contributed by atoms with van der Waals surface area (Å²) >= 11 is 5.41. The number of piperazine rings is 1. The monoisotopic (exact) mass is 391 g/mol. The molecular weight excluding hydrogens is 370 g/mol. The minimum absolute atomic E-state index is 0.0999. The molecule has 8 heteroatoms. The van der Waals surface area contributed by atoms with Crippen LogP contribution in [0, 0.1) is 11.6 Å². The van der Waals surface area contributed by atoms with Gasteiger partial charge in [0.2, 0.25) is 0 Å². The Morgan fingerprint density at radius 1 is 0.926 bits per heavy atom. The van der Waals surface area contributed by atoms with Gasteiger partial charge in [0, 0.05) is 11.4 Å². The highest BCUT2D eigenvalue weighted by Crippen LogP contribution is 2.10. The number of amides is 1. The van der Waals surface area contributed by atoms with Gasteiger partial charge in [0.15, 0.2) is 11.7 Å². The van der Waals surface area contributed by atoms with Gasteiger partial charge >= 0.3 is 0 Å². The van der Waals surface area contributed by atoms with Gasteiger partial charge in [-0.15, -0.1) is 0 Å². The van der Waals surface area contributed by atoms with Gasteiger partial charge in [-0.1, -0.05) is 0 Å². The molecule has 1 aliphatic heterocycles. The molecule has 0 aromatic heterocycles. The number of hydrogen-bond acceptors (Lipinski definition) is 2. The van der Waals surface area contributed by atoms with Crippen LogP contribution in [-0.4, -0.2) is 48.6 Å². The first-order valence-corrected chi connectivity index (χ1v) is 9.11. The Morgan fingerprint density at radius 2 is 1.41 bits per heavy atom. The lowest BCUT2D eigenvalue weighted by Crippen LogP contribution is -3.15. The molecule has 1 saturated heterocycles. The number of nitrogens with zero attached hydrogens (tertiary/aromatic N) is 1.